The molecule has 6 nitrogen and oxygen atoms in total. The van der Waals surface area contributed by atoms with Crippen molar-refractivity contribution < 1.29 is 19.1 Å². The van der Waals surface area contributed by atoms with Crippen LogP contribution in [0.3, 0.4) is 0 Å². The number of ether oxygens (including phenoxy) is 2. The summed E-state index contributed by atoms with van der Waals surface area (Å²) in [4.78, 5) is 25.0. The minimum atomic E-state index is -0.500. The number of aryl methyl sites for hydroxylation is 2. The molecule has 1 N–H and O–H groups in total. The van der Waals surface area contributed by atoms with Crippen molar-refractivity contribution >= 4 is 40.1 Å². The number of esters is 1. The first-order chi connectivity index (χ1) is 13.9. The molecule has 0 saturated heterocycles. The van der Waals surface area contributed by atoms with E-state index in [9.17, 15) is 9.59 Å². The number of rotatable bonds is 6. The summed E-state index contributed by atoms with van der Waals surface area (Å²) in [6.45, 7) is 7.01. The number of fused-ring (bicyclic) bond motifs is 1. The van der Waals surface area contributed by atoms with Crippen LogP contribution in [0, 0.1) is 6.92 Å². The summed E-state index contributed by atoms with van der Waals surface area (Å²) in [5, 5.41) is 4.12. The van der Waals surface area contributed by atoms with Crippen LogP contribution in [0.15, 0.2) is 36.4 Å². The summed E-state index contributed by atoms with van der Waals surface area (Å²) >= 11 is 6.23. The molecule has 0 atom stereocenters. The smallest absolute Gasteiger partial charge is 0.337 e. The maximum Gasteiger partial charge on any atom is 0.337 e. The zero-order valence-corrected chi connectivity index (χ0v) is 17.6. The van der Waals surface area contributed by atoms with Crippen LogP contribution in [0.25, 0.3) is 10.9 Å². The lowest BCUT2D eigenvalue weighted by Gasteiger charge is -2.12. The molecule has 0 aliphatic heterocycles. The van der Waals surface area contributed by atoms with Crippen LogP contribution in [0.4, 0.5) is 5.69 Å². The number of carbonyl (C=O) groups is 2. The number of carbonyl (C=O) groups excluding carboxylic acids is 2. The quantitative estimate of drug-likeness (QED) is 0.572. The van der Waals surface area contributed by atoms with Gasteiger partial charge in [-0.3, -0.25) is 4.79 Å². The van der Waals surface area contributed by atoms with E-state index in [4.69, 9.17) is 21.1 Å². The predicted molar refractivity (Wildman–Crippen MR) is 114 cm³/mol. The molecule has 1 heterocycles. The minimum Gasteiger partial charge on any atom is -0.494 e. The van der Waals surface area contributed by atoms with Gasteiger partial charge in [-0.1, -0.05) is 11.6 Å². The summed E-state index contributed by atoms with van der Waals surface area (Å²) < 4.78 is 12.3. The molecule has 0 aliphatic carbocycles. The average Bonchev–Trinajstić information content (AvgIpc) is 3.00. The van der Waals surface area contributed by atoms with Crippen molar-refractivity contribution in [1.82, 2.24) is 4.57 Å². The number of nitrogens with one attached hydrogen (secondary N) is 1. The van der Waals surface area contributed by atoms with Gasteiger partial charge < -0.3 is 19.4 Å². The van der Waals surface area contributed by atoms with Crippen molar-refractivity contribution in [2.45, 2.75) is 27.3 Å². The Balaban J connectivity index is 2.03. The van der Waals surface area contributed by atoms with Gasteiger partial charge in [0.2, 0.25) is 0 Å². The Labute approximate surface area is 174 Å². The second-order valence-corrected chi connectivity index (χ2v) is 6.88. The number of hydrogen-bond acceptors (Lipinski definition) is 4. The standard InChI is InChI=1S/C22H23ClN2O4/c1-5-25-19-10-8-15(29-6-2)12-16(19)13(3)20(25)21(26)24-18-11-14(22(27)28-4)7-9-17(18)23/h7-12H,5-6H2,1-4H3,(H,24,26). The van der Waals surface area contributed by atoms with E-state index in [0.29, 0.717) is 35.1 Å². The topological polar surface area (TPSA) is 69.6 Å². The van der Waals surface area contributed by atoms with Gasteiger partial charge in [-0.25, -0.2) is 4.79 Å². The Morgan fingerprint density at radius 2 is 1.90 bits per heavy atom. The van der Waals surface area contributed by atoms with Crippen LogP contribution in [0.2, 0.25) is 5.02 Å². The average molecular weight is 415 g/mol. The molecule has 152 valence electrons. The van der Waals surface area contributed by atoms with Gasteiger partial charge in [0.25, 0.3) is 5.91 Å². The van der Waals surface area contributed by atoms with E-state index in [1.807, 2.05) is 43.5 Å². The molecule has 0 aliphatic rings. The fourth-order valence-corrected chi connectivity index (χ4v) is 3.59. The first-order valence-corrected chi connectivity index (χ1v) is 9.73. The van der Waals surface area contributed by atoms with Crippen LogP contribution in [-0.2, 0) is 11.3 Å². The van der Waals surface area contributed by atoms with Gasteiger partial charge in [0.1, 0.15) is 11.4 Å². The lowest BCUT2D eigenvalue weighted by Crippen LogP contribution is -2.18. The van der Waals surface area contributed by atoms with Crippen molar-refractivity contribution in [3.8, 4) is 5.75 Å². The molecule has 0 spiro atoms. The normalized spacial score (nSPS) is 10.8. The number of amides is 1. The lowest BCUT2D eigenvalue weighted by molar-refractivity contribution is 0.0600. The molecular formula is C22H23ClN2O4. The molecule has 2 aromatic carbocycles. The molecule has 0 unspecified atom stereocenters. The Morgan fingerprint density at radius 1 is 1.14 bits per heavy atom. The molecule has 1 aromatic heterocycles. The third-order valence-electron chi connectivity index (χ3n) is 4.77. The monoisotopic (exact) mass is 414 g/mol. The highest BCUT2D eigenvalue weighted by Gasteiger charge is 2.21. The molecule has 0 saturated carbocycles. The molecule has 3 aromatic rings. The van der Waals surface area contributed by atoms with Crippen molar-refractivity contribution in [3.63, 3.8) is 0 Å². The van der Waals surface area contributed by atoms with E-state index in [-0.39, 0.29) is 5.91 Å². The number of anilines is 1. The summed E-state index contributed by atoms with van der Waals surface area (Å²) in [6, 6.07) is 10.4. The Morgan fingerprint density at radius 3 is 2.55 bits per heavy atom. The fourth-order valence-electron chi connectivity index (χ4n) is 3.43. The van der Waals surface area contributed by atoms with E-state index in [0.717, 1.165) is 22.2 Å². The van der Waals surface area contributed by atoms with Gasteiger partial charge >= 0.3 is 5.97 Å². The largest absolute Gasteiger partial charge is 0.494 e. The van der Waals surface area contributed by atoms with Gasteiger partial charge in [-0.05, 0) is 62.7 Å². The summed E-state index contributed by atoms with van der Waals surface area (Å²) in [6.07, 6.45) is 0. The maximum atomic E-state index is 13.2. The number of methoxy groups -OCH3 is 1. The third-order valence-corrected chi connectivity index (χ3v) is 5.10. The van der Waals surface area contributed by atoms with E-state index in [2.05, 4.69) is 5.32 Å². The minimum absolute atomic E-state index is 0.303. The van der Waals surface area contributed by atoms with Gasteiger partial charge in [0.15, 0.2) is 0 Å². The van der Waals surface area contributed by atoms with Crippen LogP contribution in [0.1, 0.15) is 40.3 Å². The summed E-state index contributed by atoms with van der Waals surface area (Å²) in [7, 11) is 1.30. The molecule has 1 amide bonds. The number of nitrogens with zero attached hydrogens (tertiary/aromatic N) is 1. The highest BCUT2D eigenvalue weighted by Crippen LogP contribution is 2.31. The zero-order chi connectivity index (χ0) is 21.1. The Bertz CT molecular complexity index is 1090. The lowest BCUT2D eigenvalue weighted by atomic mass is 10.1. The highest BCUT2D eigenvalue weighted by molar-refractivity contribution is 6.34. The van der Waals surface area contributed by atoms with Crippen molar-refractivity contribution in [1.29, 1.82) is 0 Å². The fraction of sp³-hybridized carbons (Fsp3) is 0.273. The number of halogens is 1. The van der Waals surface area contributed by atoms with Gasteiger partial charge in [0.05, 0.1) is 30.0 Å². The van der Waals surface area contributed by atoms with Gasteiger partial charge in [0, 0.05) is 17.4 Å². The van der Waals surface area contributed by atoms with Crippen LogP contribution < -0.4 is 10.1 Å². The summed E-state index contributed by atoms with van der Waals surface area (Å²) in [5.41, 5.74) is 2.99. The van der Waals surface area contributed by atoms with E-state index in [1.165, 1.54) is 13.2 Å². The SMILES string of the molecule is CCOc1ccc2c(c1)c(C)c(C(=O)Nc1cc(C(=O)OC)ccc1Cl)n2CC. The molecule has 0 bridgehead atoms. The third kappa shape index (κ3) is 3.93. The molecule has 7 heteroatoms. The predicted octanol–water partition coefficient (Wildman–Crippen LogP) is 5.06. The van der Waals surface area contributed by atoms with Crippen molar-refractivity contribution in [2.24, 2.45) is 0 Å². The second-order valence-electron chi connectivity index (χ2n) is 6.47. The molecule has 29 heavy (non-hydrogen) atoms. The second kappa shape index (κ2) is 8.57. The summed E-state index contributed by atoms with van der Waals surface area (Å²) in [5.74, 6) is -0.0426. The Kier molecular flexibility index (Phi) is 6.13. The number of benzene rings is 2. The first-order valence-electron chi connectivity index (χ1n) is 9.36. The van der Waals surface area contributed by atoms with E-state index < -0.39 is 5.97 Å². The van der Waals surface area contributed by atoms with E-state index in [1.54, 1.807) is 12.1 Å². The zero-order valence-electron chi connectivity index (χ0n) is 16.8. The molecule has 0 fully saturated rings. The maximum absolute atomic E-state index is 13.2. The first kappa shape index (κ1) is 20.7. The van der Waals surface area contributed by atoms with Gasteiger partial charge in [-0.15, -0.1) is 0 Å². The van der Waals surface area contributed by atoms with Crippen LogP contribution in [-0.4, -0.2) is 30.2 Å². The van der Waals surface area contributed by atoms with Crippen molar-refractivity contribution in [2.75, 3.05) is 19.0 Å². The van der Waals surface area contributed by atoms with E-state index >= 15 is 0 Å². The Hall–Kier alpha value is -2.99. The number of hydrogen-bond donors (Lipinski definition) is 1. The van der Waals surface area contributed by atoms with Crippen LogP contribution in [0.5, 0.6) is 5.75 Å². The van der Waals surface area contributed by atoms with Gasteiger partial charge in [-0.2, -0.15) is 0 Å². The highest BCUT2D eigenvalue weighted by atomic mass is 35.5. The number of aromatic nitrogens is 1. The van der Waals surface area contributed by atoms with Crippen LogP contribution >= 0.6 is 11.6 Å². The van der Waals surface area contributed by atoms with Crippen molar-refractivity contribution in [3.05, 3.63) is 58.2 Å². The molecular weight excluding hydrogens is 392 g/mol. The molecule has 0 radical (unpaired) electrons. The molecule has 3 rings (SSSR count).